The zero-order chi connectivity index (χ0) is 33.5. The fraction of sp³-hybridized carbons (Fsp3) is 0.500. The number of aromatic nitrogens is 1. The zero-order valence-corrected chi connectivity index (χ0v) is 28.3. The molecule has 9 nitrogen and oxygen atoms in total. The number of ketones is 1. The molecule has 0 radical (unpaired) electrons. The van der Waals surface area contributed by atoms with Crippen molar-refractivity contribution in [3.05, 3.63) is 72.1 Å². The van der Waals surface area contributed by atoms with Gasteiger partial charge in [-0.15, -0.1) is 0 Å². The fourth-order valence-corrected chi connectivity index (χ4v) is 9.58. The van der Waals surface area contributed by atoms with Crippen molar-refractivity contribution in [1.29, 1.82) is 0 Å². The highest BCUT2D eigenvalue weighted by molar-refractivity contribution is 7.90. The molecule has 2 saturated carbocycles. The molecule has 254 valence electrons. The lowest BCUT2D eigenvalue weighted by atomic mass is 9.90. The van der Waals surface area contributed by atoms with E-state index in [1.54, 1.807) is 11.0 Å². The summed E-state index contributed by atoms with van der Waals surface area (Å²) in [6.07, 6.45) is 9.22. The lowest BCUT2D eigenvalue weighted by Crippen LogP contribution is -2.46. The molecule has 0 unspecified atom stereocenters. The molecule has 5 atom stereocenters. The van der Waals surface area contributed by atoms with Crippen LogP contribution >= 0.6 is 11.3 Å². The highest BCUT2D eigenvalue weighted by atomic mass is 32.2. The van der Waals surface area contributed by atoms with Gasteiger partial charge in [-0.2, -0.15) is 0 Å². The Hall–Kier alpha value is -3.64. The maximum atomic E-state index is 14.5. The van der Waals surface area contributed by atoms with E-state index in [0.717, 1.165) is 35.9 Å². The number of thiazole rings is 1. The highest BCUT2D eigenvalue weighted by Crippen LogP contribution is 2.57. The minimum Gasteiger partial charge on any atom is -0.465 e. The maximum Gasteiger partial charge on any atom is 0.274 e. The molecule has 7 rings (SSSR count). The summed E-state index contributed by atoms with van der Waals surface area (Å²) in [6, 6.07) is 13.1. The smallest absolute Gasteiger partial charge is 0.274 e. The van der Waals surface area contributed by atoms with E-state index in [4.69, 9.17) is 4.74 Å². The van der Waals surface area contributed by atoms with Gasteiger partial charge in [-0.1, -0.05) is 60.6 Å². The van der Waals surface area contributed by atoms with E-state index in [1.165, 1.54) is 23.5 Å². The Labute approximate surface area is 284 Å². The number of fused-ring (bicyclic) bond motifs is 3. The fourth-order valence-electron chi connectivity index (χ4n) is 7.31. The molecule has 3 aromatic rings. The second-order valence-electron chi connectivity index (χ2n) is 13.8. The van der Waals surface area contributed by atoms with Gasteiger partial charge < -0.3 is 9.64 Å². The van der Waals surface area contributed by atoms with E-state index in [2.05, 4.69) is 9.71 Å². The molecular weight excluding hydrogens is 654 g/mol. The number of para-hydroxylation sites is 1. The second-order valence-corrected chi connectivity index (χ2v) is 16.8. The number of hydrogen-bond donors (Lipinski definition) is 1. The summed E-state index contributed by atoms with van der Waals surface area (Å²) in [5, 5.41) is -0.115. The Balaban J connectivity index is 1.18. The highest BCUT2D eigenvalue weighted by Gasteiger charge is 2.61. The van der Waals surface area contributed by atoms with E-state index in [9.17, 15) is 27.2 Å². The van der Waals surface area contributed by atoms with Crippen molar-refractivity contribution in [1.82, 2.24) is 14.6 Å². The van der Waals surface area contributed by atoms with Gasteiger partial charge in [-0.05, 0) is 80.7 Å². The number of carbonyl (C=O) groups excluding carboxylic acids is 3. The molecule has 12 heteroatoms. The van der Waals surface area contributed by atoms with Crippen LogP contribution in [0, 0.1) is 23.1 Å². The van der Waals surface area contributed by atoms with Crippen molar-refractivity contribution in [2.45, 2.75) is 88.0 Å². The van der Waals surface area contributed by atoms with E-state index in [1.807, 2.05) is 42.5 Å². The van der Waals surface area contributed by atoms with Crippen molar-refractivity contribution in [2.75, 3.05) is 6.54 Å². The van der Waals surface area contributed by atoms with Crippen molar-refractivity contribution < 1.29 is 31.9 Å². The molecule has 1 aromatic heterocycles. The Morgan fingerprint density at radius 2 is 1.92 bits per heavy atom. The number of Topliss-reactive ketones (excluding diaryl/α,β-unsaturated/α-hetero) is 1. The first-order valence-corrected chi connectivity index (χ1v) is 19.3. The third-order valence-corrected chi connectivity index (χ3v) is 13.0. The number of nitrogens with one attached hydrogen (secondary N) is 1. The number of nitrogens with zero attached hydrogens (tertiary/aromatic N) is 2. The van der Waals surface area contributed by atoms with Gasteiger partial charge in [0, 0.05) is 18.8 Å². The topological polar surface area (TPSA) is 123 Å². The largest absolute Gasteiger partial charge is 0.465 e. The number of allylic oxidation sites excluding steroid dienone is 2. The molecule has 1 saturated heterocycles. The van der Waals surface area contributed by atoms with Crippen LogP contribution in [0.25, 0.3) is 10.2 Å². The molecule has 3 heterocycles. The number of carbonyl (C=O) groups is 3. The van der Waals surface area contributed by atoms with Crippen LogP contribution in [0.15, 0.2) is 60.7 Å². The van der Waals surface area contributed by atoms with Crippen molar-refractivity contribution in [3.63, 3.8) is 0 Å². The first kappa shape index (κ1) is 32.9. The van der Waals surface area contributed by atoms with Crippen molar-refractivity contribution in [3.8, 4) is 5.19 Å². The average molecular weight is 694 g/mol. The number of sulfonamides is 1. The molecule has 0 spiro atoms. The number of halogens is 1. The van der Waals surface area contributed by atoms with Gasteiger partial charge in [-0.25, -0.2) is 17.8 Å². The number of hydrogen-bond acceptors (Lipinski definition) is 8. The van der Waals surface area contributed by atoms with Gasteiger partial charge >= 0.3 is 0 Å². The Bertz CT molecular complexity index is 1820. The molecule has 0 bridgehead atoms. The molecule has 2 aliphatic heterocycles. The molecular formula is C36H40FN3O6S2. The van der Waals surface area contributed by atoms with Crippen LogP contribution < -0.4 is 9.46 Å². The Morgan fingerprint density at radius 1 is 1.08 bits per heavy atom. The Kier molecular flexibility index (Phi) is 9.14. The standard InChI is InChI=1S/C36H40FN3O6S2/c37-26-12-8-9-23(18-26)17-24-10-4-2-1-3-5-11-25-20-36(25,34(43)39-48(44,45)28-15-16-28)21-31(41)30-19-27(22-40(30)33(24)42)46-35-38-29-13-6-7-14-32(29)47-35/h5-9,11-14,18,24-25,27-28,30H,1-4,10,15-17,19-22H2,(H,39,43)/b11-5-/t24-,25-,27-,30+,36-/m1/s1. The molecule has 3 fully saturated rings. The third-order valence-electron chi connectivity index (χ3n) is 10.2. The molecule has 1 N–H and O–H groups in total. The number of rotatable bonds is 7. The van der Waals surface area contributed by atoms with Crippen LogP contribution in [0.1, 0.15) is 69.8 Å². The van der Waals surface area contributed by atoms with Gasteiger partial charge in [0.1, 0.15) is 11.9 Å². The van der Waals surface area contributed by atoms with E-state index < -0.39 is 44.7 Å². The van der Waals surface area contributed by atoms with Crippen LogP contribution in [0.2, 0.25) is 0 Å². The Morgan fingerprint density at radius 3 is 2.71 bits per heavy atom. The van der Waals surface area contributed by atoms with Crippen LogP contribution in [0.3, 0.4) is 0 Å². The quantitative estimate of drug-likeness (QED) is 0.314. The monoisotopic (exact) mass is 693 g/mol. The van der Waals surface area contributed by atoms with Crippen molar-refractivity contribution >= 4 is 49.2 Å². The number of ether oxygens (including phenoxy) is 1. The van der Waals surface area contributed by atoms with E-state index in [0.29, 0.717) is 42.9 Å². The van der Waals surface area contributed by atoms with Crippen molar-refractivity contribution in [2.24, 2.45) is 17.3 Å². The summed E-state index contributed by atoms with van der Waals surface area (Å²) in [5.74, 6) is -2.21. The summed E-state index contributed by atoms with van der Waals surface area (Å²) in [7, 11) is -3.80. The summed E-state index contributed by atoms with van der Waals surface area (Å²) < 4.78 is 49.3. The van der Waals surface area contributed by atoms with E-state index in [-0.39, 0.29) is 42.8 Å². The molecule has 2 aliphatic carbocycles. The first-order valence-electron chi connectivity index (χ1n) is 16.9. The SMILES string of the molecule is O=C1C[C@]2(C(=O)NS(=O)(=O)C3CC3)C[C@H]2/C=C\CCCCC[C@H](Cc2cccc(F)c2)C(=O)N2C[C@H](Oc3nc4ccccc4s3)C[C@@H]12. The van der Waals surface area contributed by atoms with Gasteiger partial charge in [-0.3, -0.25) is 19.1 Å². The first-order chi connectivity index (χ1) is 23.1. The number of benzene rings is 2. The summed E-state index contributed by atoms with van der Waals surface area (Å²) >= 11 is 1.40. The van der Waals surface area contributed by atoms with Gasteiger partial charge in [0.25, 0.3) is 5.19 Å². The third kappa shape index (κ3) is 7.05. The maximum absolute atomic E-state index is 14.5. The zero-order valence-electron chi connectivity index (χ0n) is 26.7. The molecule has 4 aliphatic rings. The predicted octanol–water partition coefficient (Wildman–Crippen LogP) is 5.74. The second kappa shape index (κ2) is 13.3. The van der Waals surface area contributed by atoms with Crippen LogP contribution in [0.5, 0.6) is 5.19 Å². The van der Waals surface area contributed by atoms with Crippen LogP contribution in [-0.4, -0.2) is 59.8 Å². The van der Waals surface area contributed by atoms with Gasteiger partial charge in [0.2, 0.25) is 21.8 Å². The minimum absolute atomic E-state index is 0.170. The lowest BCUT2D eigenvalue weighted by molar-refractivity contribution is -0.142. The number of amides is 2. The van der Waals surface area contributed by atoms with Gasteiger partial charge in [0.15, 0.2) is 5.78 Å². The molecule has 2 amide bonds. The summed E-state index contributed by atoms with van der Waals surface area (Å²) in [5.41, 5.74) is 0.332. The summed E-state index contributed by atoms with van der Waals surface area (Å²) in [6.45, 7) is 0.170. The predicted molar refractivity (Wildman–Crippen MR) is 180 cm³/mol. The van der Waals surface area contributed by atoms with Gasteiger partial charge in [0.05, 0.1) is 33.5 Å². The normalized spacial score (nSPS) is 29.0. The molecule has 2 aromatic carbocycles. The summed E-state index contributed by atoms with van der Waals surface area (Å²) in [4.78, 5) is 48.6. The minimum atomic E-state index is -3.80. The van der Waals surface area contributed by atoms with Crippen LogP contribution in [0.4, 0.5) is 4.39 Å². The van der Waals surface area contributed by atoms with E-state index >= 15 is 0 Å². The molecule has 48 heavy (non-hydrogen) atoms. The van der Waals surface area contributed by atoms with Crippen LogP contribution in [-0.2, 0) is 30.8 Å². The average Bonchev–Trinajstić information content (AvgIpc) is 3.94. The lowest BCUT2D eigenvalue weighted by Gasteiger charge is -2.29.